The predicted octanol–water partition coefficient (Wildman–Crippen LogP) is 4.67. The van der Waals surface area contributed by atoms with Crippen molar-refractivity contribution in [3.8, 4) is 11.5 Å². The fourth-order valence-corrected chi connectivity index (χ4v) is 2.95. The first-order valence-electron chi connectivity index (χ1n) is 8.46. The smallest absolute Gasteiger partial charge is 0.258 e. The molecule has 1 amide bonds. The van der Waals surface area contributed by atoms with E-state index in [1.54, 1.807) is 0 Å². The van der Waals surface area contributed by atoms with Gasteiger partial charge in [-0.15, -0.1) is 0 Å². The van der Waals surface area contributed by atoms with Crippen LogP contribution in [0.25, 0.3) is 0 Å². The highest BCUT2D eigenvalue weighted by Gasteiger charge is 2.11. The SMILES string of the molecule is CCOc1ccc([C@@H](C)NC(=O)COc2ccc(CC)cc2Br)cc1. The Morgan fingerprint density at radius 3 is 2.44 bits per heavy atom. The number of rotatable bonds is 8. The first kappa shape index (κ1) is 19.3. The average molecular weight is 406 g/mol. The average Bonchev–Trinajstić information content (AvgIpc) is 2.61. The van der Waals surface area contributed by atoms with Gasteiger partial charge >= 0.3 is 0 Å². The molecular weight excluding hydrogens is 382 g/mol. The Balaban J connectivity index is 1.87. The van der Waals surface area contributed by atoms with Crippen LogP contribution in [0.5, 0.6) is 11.5 Å². The highest BCUT2D eigenvalue weighted by Crippen LogP contribution is 2.26. The molecule has 0 spiro atoms. The predicted molar refractivity (Wildman–Crippen MR) is 103 cm³/mol. The topological polar surface area (TPSA) is 47.6 Å². The zero-order chi connectivity index (χ0) is 18.2. The first-order chi connectivity index (χ1) is 12.0. The number of aryl methyl sites for hydroxylation is 1. The van der Waals surface area contributed by atoms with Gasteiger partial charge in [0, 0.05) is 0 Å². The lowest BCUT2D eigenvalue weighted by molar-refractivity contribution is -0.123. The van der Waals surface area contributed by atoms with E-state index in [1.807, 2.05) is 56.3 Å². The highest BCUT2D eigenvalue weighted by atomic mass is 79.9. The molecule has 0 fully saturated rings. The quantitative estimate of drug-likeness (QED) is 0.693. The standard InChI is InChI=1S/C20H24BrNO3/c1-4-15-6-11-19(18(21)12-15)25-13-20(23)22-14(3)16-7-9-17(10-8-16)24-5-2/h6-12,14H,4-5,13H2,1-3H3,(H,22,23)/t14-/m1/s1. The number of benzene rings is 2. The lowest BCUT2D eigenvalue weighted by atomic mass is 10.1. The molecule has 0 aliphatic heterocycles. The molecule has 25 heavy (non-hydrogen) atoms. The Kier molecular flexibility index (Phi) is 7.31. The fraction of sp³-hybridized carbons (Fsp3) is 0.350. The molecule has 0 unspecified atom stereocenters. The maximum Gasteiger partial charge on any atom is 0.258 e. The number of ether oxygens (including phenoxy) is 2. The van der Waals surface area contributed by atoms with Gasteiger partial charge in [0.25, 0.3) is 5.91 Å². The van der Waals surface area contributed by atoms with Crippen molar-refractivity contribution in [1.29, 1.82) is 0 Å². The molecule has 0 heterocycles. The summed E-state index contributed by atoms with van der Waals surface area (Å²) in [5, 5.41) is 2.94. The van der Waals surface area contributed by atoms with E-state index in [9.17, 15) is 4.79 Å². The molecule has 2 aromatic carbocycles. The monoisotopic (exact) mass is 405 g/mol. The van der Waals surface area contributed by atoms with Crippen LogP contribution in [0.15, 0.2) is 46.9 Å². The van der Waals surface area contributed by atoms with E-state index < -0.39 is 0 Å². The maximum absolute atomic E-state index is 12.1. The third-order valence-corrected chi connectivity index (χ3v) is 4.45. The van der Waals surface area contributed by atoms with Gasteiger partial charge in [-0.25, -0.2) is 0 Å². The van der Waals surface area contributed by atoms with E-state index in [0.717, 1.165) is 22.2 Å². The number of amides is 1. The van der Waals surface area contributed by atoms with Crippen molar-refractivity contribution in [2.45, 2.75) is 33.2 Å². The third kappa shape index (κ3) is 5.78. The third-order valence-electron chi connectivity index (χ3n) is 3.83. The Morgan fingerprint density at radius 2 is 1.84 bits per heavy atom. The molecule has 0 bridgehead atoms. The number of hydrogen-bond donors (Lipinski definition) is 1. The minimum absolute atomic E-state index is 0.0224. The summed E-state index contributed by atoms with van der Waals surface area (Å²) >= 11 is 3.48. The number of carbonyl (C=O) groups excluding carboxylic acids is 1. The van der Waals surface area contributed by atoms with Crippen molar-refractivity contribution in [2.75, 3.05) is 13.2 Å². The van der Waals surface area contributed by atoms with Gasteiger partial charge in [-0.05, 0) is 71.6 Å². The molecule has 1 N–H and O–H groups in total. The molecular formula is C20H24BrNO3. The number of carbonyl (C=O) groups is 1. The minimum Gasteiger partial charge on any atom is -0.494 e. The molecule has 4 nitrogen and oxygen atoms in total. The maximum atomic E-state index is 12.1. The van der Waals surface area contributed by atoms with E-state index in [1.165, 1.54) is 5.56 Å². The summed E-state index contributed by atoms with van der Waals surface area (Å²) in [5.41, 5.74) is 2.23. The molecule has 0 radical (unpaired) electrons. The molecule has 2 aromatic rings. The lowest BCUT2D eigenvalue weighted by Crippen LogP contribution is -2.31. The Hall–Kier alpha value is -2.01. The van der Waals surface area contributed by atoms with Crippen LogP contribution < -0.4 is 14.8 Å². The highest BCUT2D eigenvalue weighted by molar-refractivity contribution is 9.10. The summed E-state index contributed by atoms with van der Waals surface area (Å²) in [4.78, 5) is 12.1. The largest absolute Gasteiger partial charge is 0.494 e. The normalized spacial score (nSPS) is 11.7. The fourth-order valence-electron chi connectivity index (χ4n) is 2.41. The van der Waals surface area contributed by atoms with E-state index in [2.05, 4.69) is 28.2 Å². The molecule has 5 heteroatoms. The van der Waals surface area contributed by atoms with E-state index in [-0.39, 0.29) is 18.6 Å². The van der Waals surface area contributed by atoms with Gasteiger partial charge in [0.05, 0.1) is 17.1 Å². The zero-order valence-corrected chi connectivity index (χ0v) is 16.4. The van der Waals surface area contributed by atoms with Crippen LogP contribution in [0.3, 0.4) is 0 Å². The van der Waals surface area contributed by atoms with Crippen LogP contribution in [-0.4, -0.2) is 19.1 Å². The summed E-state index contributed by atoms with van der Waals surface area (Å²) in [7, 11) is 0. The second-order valence-corrected chi connectivity index (χ2v) is 6.55. The van der Waals surface area contributed by atoms with Crippen molar-refractivity contribution in [3.05, 3.63) is 58.1 Å². The van der Waals surface area contributed by atoms with Gasteiger partial charge in [0.1, 0.15) is 11.5 Å². The molecule has 0 saturated carbocycles. The van der Waals surface area contributed by atoms with E-state index in [0.29, 0.717) is 12.4 Å². The van der Waals surface area contributed by atoms with Gasteiger partial charge in [-0.2, -0.15) is 0 Å². The number of halogens is 1. The summed E-state index contributed by atoms with van der Waals surface area (Å²) in [6, 6.07) is 13.5. The second kappa shape index (κ2) is 9.47. The van der Waals surface area contributed by atoms with Gasteiger partial charge in [-0.3, -0.25) is 4.79 Å². The van der Waals surface area contributed by atoms with Crippen LogP contribution in [-0.2, 0) is 11.2 Å². The van der Waals surface area contributed by atoms with Gasteiger partial charge in [0.2, 0.25) is 0 Å². The van der Waals surface area contributed by atoms with Crippen LogP contribution in [0.1, 0.15) is 37.9 Å². The summed E-state index contributed by atoms with van der Waals surface area (Å²) in [6.45, 7) is 6.60. The lowest BCUT2D eigenvalue weighted by Gasteiger charge is -2.16. The van der Waals surface area contributed by atoms with Crippen molar-refractivity contribution >= 4 is 21.8 Å². The Bertz CT molecular complexity index is 701. The summed E-state index contributed by atoms with van der Waals surface area (Å²) in [6.07, 6.45) is 0.957. The Morgan fingerprint density at radius 1 is 1.12 bits per heavy atom. The van der Waals surface area contributed by atoms with E-state index >= 15 is 0 Å². The molecule has 0 aromatic heterocycles. The van der Waals surface area contributed by atoms with Crippen molar-refractivity contribution < 1.29 is 14.3 Å². The Labute approximate surface area is 157 Å². The molecule has 2 rings (SSSR count). The first-order valence-corrected chi connectivity index (χ1v) is 9.26. The summed E-state index contributed by atoms with van der Waals surface area (Å²) in [5.74, 6) is 1.34. The van der Waals surface area contributed by atoms with Crippen LogP contribution in [0.4, 0.5) is 0 Å². The number of nitrogens with one attached hydrogen (secondary N) is 1. The van der Waals surface area contributed by atoms with Crippen molar-refractivity contribution in [1.82, 2.24) is 5.32 Å². The number of hydrogen-bond acceptors (Lipinski definition) is 3. The van der Waals surface area contributed by atoms with Crippen LogP contribution in [0.2, 0.25) is 0 Å². The van der Waals surface area contributed by atoms with Gasteiger partial charge in [0.15, 0.2) is 6.61 Å². The van der Waals surface area contributed by atoms with Crippen molar-refractivity contribution in [2.24, 2.45) is 0 Å². The van der Waals surface area contributed by atoms with Crippen molar-refractivity contribution in [3.63, 3.8) is 0 Å². The van der Waals surface area contributed by atoms with Gasteiger partial charge in [-0.1, -0.05) is 25.1 Å². The van der Waals surface area contributed by atoms with E-state index in [4.69, 9.17) is 9.47 Å². The van der Waals surface area contributed by atoms with Crippen LogP contribution >= 0.6 is 15.9 Å². The van der Waals surface area contributed by atoms with Crippen LogP contribution in [0, 0.1) is 0 Å². The molecule has 0 aliphatic rings. The second-order valence-electron chi connectivity index (χ2n) is 5.70. The zero-order valence-electron chi connectivity index (χ0n) is 14.8. The summed E-state index contributed by atoms with van der Waals surface area (Å²) < 4.78 is 11.9. The molecule has 134 valence electrons. The van der Waals surface area contributed by atoms with Gasteiger partial charge < -0.3 is 14.8 Å². The molecule has 1 atom stereocenters. The molecule has 0 aliphatic carbocycles. The minimum atomic E-state index is -0.159. The molecule has 0 saturated heterocycles.